The molecular formula is C23H21NO6. The number of hydrogen-bond donors (Lipinski definition) is 1. The number of hydrogen-bond acceptors (Lipinski definition) is 6. The zero-order valence-electron chi connectivity index (χ0n) is 16.4. The first-order valence-corrected chi connectivity index (χ1v) is 9.60. The van der Waals surface area contributed by atoms with Crippen LogP contribution in [0.2, 0.25) is 0 Å². The number of esters is 1. The second-order valence-electron chi connectivity index (χ2n) is 6.78. The van der Waals surface area contributed by atoms with Gasteiger partial charge in [0.15, 0.2) is 24.2 Å². The number of anilines is 1. The molecule has 1 heterocycles. The van der Waals surface area contributed by atoms with Crippen LogP contribution in [0.15, 0.2) is 60.7 Å². The van der Waals surface area contributed by atoms with Gasteiger partial charge in [-0.2, -0.15) is 0 Å². The zero-order chi connectivity index (χ0) is 20.9. The Hall–Kier alpha value is -3.74. The Labute approximate surface area is 173 Å². The largest absolute Gasteiger partial charge is 0.486 e. The van der Waals surface area contributed by atoms with Crippen molar-refractivity contribution in [2.75, 3.05) is 25.1 Å². The summed E-state index contributed by atoms with van der Waals surface area (Å²) < 4.78 is 21.6. The number of amides is 1. The molecule has 0 saturated heterocycles. The fourth-order valence-corrected chi connectivity index (χ4v) is 3.05. The zero-order valence-corrected chi connectivity index (χ0v) is 16.4. The molecule has 1 aliphatic rings. The van der Waals surface area contributed by atoms with E-state index < -0.39 is 18.0 Å². The quantitative estimate of drug-likeness (QED) is 0.629. The van der Waals surface area contributed by atoms with E-state index in [0.717, 1.165) is 10.8 Å². The van der Waals surface area contributed by atoms with Crippen molar-refractivity contribution in [3.8, 4) is 17.2 Å². The van der Waals surface area contributed by atoms with Gasteiger partial charge in [0.05, 0.1) is 0 Å². The monoisotopic (exact) mass is 407 g/mol. The van der Waals surface area contributed by atoms with Crippen LogP contribution < -0.4 is 19.5 Å². The van der Waals surface area contributed by atoms with Crippen LogP contribution >= 0.6 is 0 Å². The molecule has 0 unspecified atom stereocenters. The average Bonchev–Trinajstić information content (AvgIpc) is 2.77. The van der Waals surface area contributed by atoms with E-state index in [9.17, 15) is 9.59 Å². The number of benzene rings is 3. The van der Waals surface area contributed by atoms with Crippen LogP contribution in [0.3, 0.4) is 0 Å². The lowest BCUT2D eigenvalue weighted by Crippen LogP contribution is -2.31. The molecule has 7 nitrogen and oxygen atoms in total. The van der Waals surface area contributed by atoms with Crippen molar-refractivity contribution < 1.29 is 28.5 Å². The molecule has 0 saturated carbocycles. The van der Waals surface area contributed by atoms with Crippen LogP contribution in [0, 0.1) is 0 Å². The van der Waals surface area contributed by atoms with E-state index in [1.165, 1.54) is 6.92 Å². The molecule has 154 valence electrons. The summed E-state index contributed by atoms with van der Waals surface area (Å²) in [5, 5.41) is 4.79. The lowest BCUT2D eigenvalue weighted by Gasteiger charge is -2.19. The Morgan fingerprint density at radius 1 is 0.967 bits per heavy atom. The van der Waals surface area contributed by atoms with E-state index in [-0.39, 0.29) is 6.61 Å². The lowest BCUT2D eigenvalue weighted by atomic mass is 10.1. The van der Waals surface area contributed by atoms with Gasteiger partial charge in [0.2, 0.25) is 0 Å². The summed E-state index contributed by atoms with van der Waals surface area (Å²) in [6.45, 7) is 2.16. The highest BCUT2D eigenvalue weighted by Crippen LogP contribution is 2.32. The molecule has 1 atom stereocenters. The molecule has 30 heavy (non-hydrogen) atoms. The number of carbonyl (C=O) groups excluding carboxylic acids is 2. The first-order chi connectivity index (χ1) is 14.6. The van der Waals surface area contributed by atoms with E-state index in [1.807, 2.05) is 36.4 Å². The predicted molar refractivity (Wildman–Crippen MR) is 111 cm³/mol. The minimum atomic E-state index is -0.981. The number of ether oxygens (including phenoxy) is 4. The van der Waals surface area contributed by atoms with Gasteiger partial charge in [0.1, 0.15) is 19.0 Å². The maximum Gasteiger partial charge on any atom is 0.344 e. The maximum absolute atomic E-state index is 12.3. The van der Waals surface area contributed by atoms with Crippen molar-refractivity contribution >= 4 is 28.3 Å². The summed E-state index contributed by atoms with van der Waals surface area (Å²) >= 11 is 0. The van der Waals surface area contributed by atoms with Crippen molar-refractivity contribution in [2.24, 2.45) is 0 Å². The minimum Gasteiger partial charge on any atom is -0.486 e. The average molecular weight is 407 g/mol. The first kappa shape index (κ1) is 19.6. The summed E-state index contributed by atoms with van der Waals surface area (Å²) in [5.41, 5.74) is 0.527. The third-order valence-electron chi connectivity index (χ3n) is 4.56. The molecule has 4 rings (SSSR count). The molecule has 1 amide bonds. The Morgan fingerprint density at radius 3 is 2.57 bits per heavy atom. The molecule has 0 aliphatic carbocycles. The van der Waals surface area contributed by atoms with Crippen molar-refractivity contribution in [2.45, 2.75) is 13.0 Å². The Bertz CT molecular complexity index is 1080. The summed E-state index contributed by atoms with van der Waals surface area (Å²) in [6, 6.07) is 18.5. The molecule has 1 N–H and O–H groups in total. The molecule has 1 aliphatic heterocycles. The Kier molecular flexibility index (Phi) is 5.70. The third kappa shape index (κ3) is 4.63. The van der Waals surface area contributed by atoms with Gasteiger partial charge in [0, 0.05) is 11.8 Å². The summed E-state index contributed by atoms with van der Waals surface area (Å²) in [4.78, 5) is 24.4. The van der Waals surface area contributed by atoms with E-state index in [1.54, 1.807) is 24.3 Å². The van der Waals surface area contributed by atoms with Gasteiger partial charge >= 0.3 is 5.97 Å². The highest BCUT2D eigenvalue weighted by Gasteiger charge is 2.19. The van der Waals surface area contributed by atoms with Gasteiger partial charge in [-0.25, -0.2) is 4.79 Å². The molecule has 0 aromatic heterocycles. The number of fused-ring (bicyclic) bond motifs is 2. The fraction of sp³-hybridized carbons (Fsp3) is 0.217. The summed E-state index contributed by atoms with van der Waals surface area (Å²) in [6.07, 6.45) is -0.981. The lowest BCUT2D eigenvalue weighted by molar-refractivity contribution is -0.155. The number of carbonyl (C=O) groups is 2. The van der Waals surface area contributed by atoms with E-state index in [2.05, 4.69) is 5.32 Å². The van der Waals surface area contributed by atoms with Gasteiger partial charge in [0.25, 0.3) is 5.91 Å². The SMILES string of the molecule is C[C@@H](OC(=O)COc1ccc2ccccc2c1)C(=O)Nc1ccc2c(c1)OCCO2. The van der Waals surface area contributed by atoms with E-state index >= 15 is 0 Å². The van der Waals surface area contributed by atoms with Crippen LogP contribution in [0.25, 0.3) is 10.8 Å². The highest BCUT2D eigenvalue weighted by molar-refractivity contribution is 5.95. The molecule has 0 radical (unpaired) electrons. The molecular weight excluding hydrogens is 386 g/mol. The van der Waals surface area contributed by atoms with Crippen LogP contribution in [0.4, 0.5) is 5.69 Å². The van der Waals surface area contributed by atoms with E-state index in [0.29, 0.717) is 36.1 Å². The topological polar surface area (TPSA) is 83.1 Å². The summed E-state index contributed by atoms with van der Waals surface area (Å²) in [7, 11) is 0. The van der Waals surface area contributed by atoms with Gasteiger partial charge in [-0.05, 0) is 42.0 Å². The van der Waals surface area contributed by atoms with Crippen LogP contribution in [-0.4, -0.2) is 37.8 Å². The van der Waals surface area contributed by atoms with Gasteiger partial charge in [-0.1, -0.05) is 30.3 Å². The van der Waals surface area contributed by atoms with Gasteiger partial charge in [-0.3, -0.25) is 4.79 Å². The molecule has 0 fully saturated rings. The Morgan fingerprint density at radius 2 is 1.73 bits per heavy atom. The highest BCUT2D eigenvalue weighted by atomic mass is 16.6. The smallest absolute Gasteiger partial charge is 0.344 e. The van der Waals surface area contributed by atoms with Crippen molar-refractivity contribution in [1.82, 2.24) is 0 Å². The van der Waals surface area contributed by atoms with Gasteiger partial charge in [-0.15, -0.1) is 0 Å². The number of nitrogens with one attached hydrogen (secondary N) is 1. The minimum absolute atomic E-state index is 0.292. The summed E-state index contributed by atoms with van der Waals surface area (Å²) in [5.74, 6) is 0.662. The molecule has 0 bridgehead atoms. The van der Waals surface area contributed by atoms with Crippen molar-refractivity contribution in [3.63, 3.8) is 0 Å². The first-order valence-electron chi connectivity index (χ1n) is 9.60. The normalized spacial score (nSPS) is 13.4. The second kappa shape index (κ2) is 8.73. The second-order valence-corrected chi connectivity index (χ2v) is 6.78. The Balaban J connectivity index is 1.28. The third-order valence-corrected chi connectivity index (χ3v) is 4.56. The van der Waals surface area contributed by atoms with Crippen molar-refractivity contribution in [3.05, 3.63) is 60.7 Å². The van der Waals surface area contributed by atoms with E-state index in [4.69, 9.17) is 18.9 Å². The van der Waals surface area contributed by atoms with Crippen LogP contribution in [0.1, 0.15) is 6.92 Å². The molecule has 0 spiro atoms. The number of rotatable bonds is 6. The predicted octanol–water partition coefficient (Wildman–Crippen LogP) is 3.56. The standard InChI is InChI=1S/C23H21NO6/c1-15(23(26)24-18-7-9-20-21(13-18)28-11-10-27-20)30-22(25)14-29-19-8-6-16-4-2-3-5-17(16)12-19/h2-9,12-13,15H,10-11,14H2,1H3,(H,24,26)/t15-/m1/s1. The molecule has 3 aromatic carbocycles. The van der Waals surface area contributed by atoms with Crippen LogP contribution in [-0.2, 0) is 14.3 Å². The van der Waals surface area contributed by atoms with Crippen molar-refractivity contribution in [1.29, 1.82) is 0 Å². The molecule has 3 aromatic rings. The fourth-order valence-electron chi connectivity index (χ4n) is 3.05. The molecule has 7 heteroatoms. The van der Waals surface area contributed by atoms with Gasteiger partial charge < -0.3 is 24.3 Å². The van der Waals surface area contributed by atoms with Crippen LogP contribution in [0.5, 0.6) is 17.2 Å². The maximum atomic E-state index is 12.3.